The van der Waals surface area contributed by atoms with Crippen molar-refractivity contribution in [1.29, 1.82) is 0 Å². The number of nitrogen functional groups attached to an aromatic ring is 1. The molecule has 0 radical (unpaired) electrons. The summed E-state index contributed by atoms with van der Waals surface area (Å²) in [6.07, 6.45) is 0. The van der Waals surface area contributed by atoms with Crippen LogP contribution in [-0.2, 0) is 0 Å². The molecule has 0 bridgehead atoms. The average Bonchev–Trinajstić information content (AvgIpc) is 2.82. The van der Waals surface area contributed by atoms with Crippen LogP contribution in [0, 0.1) is 24.4 Å². The van der Waals surface area contributed by atoms with Gasteiger partial charge in [-0.15, -0.1) is 0 Å². The van der Waals surface area contributed by atoms with E-state index in [-0.39, 0.29) is 30.9 Å². The third-order valence-corrected chi connectivity index (χ3v) is 5.50. The van der Waals surface area contributed by atoms with E-state index in [1.165, 1.54) is 17.0 Å². The van der Waals surface area contributed by atoms with E-state index in [1.807, 2.05) is 13.8 Å². The smallest absolute Gasteiger partial charge is 0.256 e. The number of amides is 1. The van der Waals surface area contributed by atoms with Crippen LogP contribution in [-0.4, -0.2) is 41.1 Å². The molecule has 4 rings (SSSR count). The standard InChI is InChI=1S/C24H23F3N4O2.C2H6/c1-14-2-9-20(19(26)10-14)30-22-17(7-8-18(25)21(22)27)23(32)31-12-24(33,13-31)11-29-16-5-3-15(28)4-6-16;1-2/h2-10,29-30,33H,11-13,28H2,1H3;1-2H3. The molecular weight excluding hydrogens is 457 g/mol. The summed E-state index contributed by atoms with van der Waals surface area (Å²) in [6.45, 7) is 5.85. The molecule has 3 aromatic rings. The largest absolute Gasteiger partial charge is 0.399 e. The van der Waals surface area contributed by atoms with Gasteiger partial charge in [0.25, 0.3) is 5.91 Å². The van der Waals surface area contributed by atoms with Crippen molar-refractivity contribution in [2.45, 2.75) is 26.4 Å². The molecule has 0 unspecified atom stereocenters. The van der Waals surface area contributed by atoms with Crippen molar-refractivity contribution in [3.05, 3.63) is 83.2 Å². The summed E-state index contributed by atoms with van der Waals surface area (Å²) in [4.78, 5) is 14.3. The van der Waals surface area contributed by atoms with E-state index >= 15 is 0 Å². The quantitative estimate of drug-likeness (QED) is 0.366. The molecule has 0 spiro atoms. The summed E-state index contributed by atoms with van der Waals surface area (Å²) in [7, 11) is 0. The molecule has 5 N–H and O–H groups in total. The molecule has 1 saturated heterocycles. The first kappa shape index (κ1) is 25.9. The highest BCUT2D eigenvalue weighted by Gasteiger charge is 2.44. The number of hydrogen-bond donors (Lipinski definition) is 4. The Hall–Kier alpha value is -3.72. The minimum Gasteiger partial charge on any atom is -0.399 e. The van der Waals surface area contributed by atoms with Crippen LogP contribution in [0.25, 0.3) is 0 Å². The van der Waals surface area contributed by atoms with Crippen LogP contribution in [0.15, 0.2) is 54.6 Å². The second-order valence-electron chi connectivity index (χ2n) is 8.25. The Morgan fingerprint density at radius 2 is 1.69 bits per heavy atom. The van der Waals surface area contributed by atoms with Gasteiger partial charge < -0.3 is 26.4 Å². The predicted octanol–water partition coefficient (Wildman–Crippen LogP) is 5.06. The number of halogens is 3. The Balaban J connectivity index is 0.00000167. The van der Waals surface area contributed by atoms with Gasteiger partial charge in [0.2, 0.25) is 0 Å². The topological polar surface area (TPSA) is 90.6 Å². The Morgan fingerprint density at radius 3 is 2.31 bits per heavy atom. The first-order valence-corrected chi connectivity index (χ1v) is 11.3. The summed E-state index contributed by atoms with van der Waals surface area (Å²) in [6, 6.07) is 13.2. The number of aryl methyl sites for hydroxylation is 1. The molecule has 0 aromatic heterocycles. The first-order chi connectivity index (χ1) is 16.6. The van der Waals surface area contributed by atoms with Gasteiger partial charge in [0.1, 0.15) is 11.4 Å². The predicted molar refractivity (Wildman–Crippen MR) is 132 cm³/mol. The minimum absolute atomic E-state index is 0.00880. The number of benzene rings is 3. The van der Waals surface area contributed by atoms with Crippen molar-refractivity contribution in [2.75, 3.05) is 36.0 Å². The number of carbonyl (C=O) groups excluding carboxylic acids is 1. The monoisotopic (exact) mass is 486 g/mol. The number of nitrogens with two attached hydrogens (primary N) is 1. The summed E-state index contributed by atoms with van der Waals surface area (Å²) in [5, 5.41) is 16.3. The highest BCUT2D eigenvalue weighted by Crippen LogP contribution is 2.31. The Kier molecular flexibility index (Phi) is 7.91. The third kappa shape index (κ3) is 5.86. The van der Waals surface area contributed by atoms with Crippen molar-refractivity contribution < 1.29 is 23.1 Å². The molecule has 1 amide bonds. The SMILES string of the molecule is CC.Cc1ccc(Nc2c(C(=O)N3CC(O)(CNc4ccc(N)cc4)C3)ccc(F)c2F)c(F)c1. The van der Waals surface area contributed by atoms with E-state index in [0.717, 1.165) is 17.8 Å². The summed E-state index contributed by atoms with van der Waals surface area (Å²) < 4.78 is 42.8. The van der Waals surface area contributed by atoms with E-state index < -0.39 is 34.6 Å². The van der Waals surface area contributed by atoms with E-state index in [1.54, 1.807) is 37.3 Å². The van der Waals surface area contributed by atoms with Crippen molar-refractivity contribution in [2.24, 2.45) is 0 Å². The van der Waals surface area contributed by atoms with Crippen LogP contribution in [0.4, 0.5) is 35.9 Å². The Bertz CT molecular complexity index is 1200. The normalized spacial score (nSPS) is 13.9. The van der Waals surface area contributed by atoms with Gasteiger partial charge in [-0.3, -0.25) is 4.79 Å². The van der Waals surface area contributed by atoms with Gasteiger partial charge in [0.15, 0.2) is 11.6 Å². The van der Waals surface area contributed by atoms with Crippen molar-refractivity contribution >= 4 is 28.7 Å². The van der Waals surface area contributed by atoms with Crippen LogP contribution >= 0.6 is 0 Å². The summed E-state index contributed by atoms with van der Waals surface area (Å²) in [5.41, 5.74) is 5.77. The van der Waals surface area contributed by atoms with Crippen LogP contribution in [0.3, 0.4) is 0 Å². The number of likely N-dealkylation sites (tertiary alicyclic amines) is 1. The highest BCUT2D eigenvalue weighted by atomic mass is 19.2. The lowest BCUT2D eigenvalue weighted by atomic mass is 9.92. The van der Waals surface area contributed by atoms with E-state index in [4.69, 9.17) is 5.73 Å². The van der Waals surface area contributed by atoms with Gasteiger partial charge in [-0.1, -0.05) is 19.9 Å². The number of hydrogen-bond acceptors (Lipinski definition) is 5. The fraction of sp³-hybridized carbons (Fsp3) is 0.269. The number of nitrogens with zero attached hydrogens (tertiary/aromatic N) is 1. The van der Waals surface area contributed by atoms with E-state index in [9.17, 15) is 23.1 Å². The molecule has 0 atom stereocenters. The number of β-amino-alcohol motifs (C(OH)–C–C–N with tert-alkyl or cyclic N) is 1. The first-order valence-electron chi connectivity index (χ1n) is 11.3. The Labute approximate surface area is 202 Å². The summed E-state index contributed by atoms with van der Waals surface area (Å²) >= 11 is 0. The number of rotatable bonds is 6. The molecule has 1 aliphatic heterocycles. The molecule has 1 aliphatic rings. The molecular formula is C26H29F3N4O2. The maximum Gasteiger partial charge on any atom is 0.256 e. The van der Waals surface area contributed by atoms with Gasteiger partial charge >= 0.3 is 0 Å². The van der Waals surface area contributed by atoms with Gasteiger partial charge in [-0.05, 0) is 61.0 Å². The number of anilines is 4. The fourth-order valence-corrected chi connectivity index (χ4v) is 3.66. The number of nitrogens with one attached hydrogen (secondary N) is 2. The van der Waals surface area contributed by atoms with Crippen LogP contribution in [0.1, 0.15) is 29.8 Å². The molecule has 0 saturated carbocycles. The lowest BCUT2D eigenvalue weighted by Gasteiger charge is -2.46. The molecule has 0 aliphatic carbocycles. The van der Waals surface area contributed by atoms with Crippen LogP contribution in [0.2, 0.25) is 0 Å². The average molecular weight is 487 g/mol. The second kappa shape index (κ2) is 10.7. The molecule has 1 heterocycles. The zero-order valence-electron chi connectivity index (χ0n) is 19.8. The van der Waals surface area contributed by atoms with Gasteiger partial charge in [0.05, 0.1) is 30.0 Å². The van der Waals surface area contributed by atoms with Crippen LogP contribution < -0.4 is 16.4 Å². The van der Waals surface area contributed by atoms with Gasteiger partial charge in [-0.2, -0.15) is 0 Å². The lowest BCUT2D eigenvalue weighted by Crippen LogP contribution is -2.66. The molecule has 1 fully saturated rings. The Morgan fingerprint density at radius 1 is 1.03 bits per heavy atom. The second-order valence-corrected chi connectivity index (χ2v) is 8.25. The third-order valence-electron chi connectivity index (χ3n) is 5.50. The van der Waals surface area contributed by atoms with Gasteiger partial charge in [-0.25, -0.2) is 13.2 Å². The van der Waals surface area contributed by atoms with Gasteiger partial charge in [0, 0.05) is 17.9 Å². The number of aliphatic hydroxyl groups is 1. The fourth-order valence-electron chi connectivity index (χ4n) is 3.66. The molecule has 9 heteroatoms. The van der Waals surface area contributed by atoms with Crippen molar-refractivity contribution in [3.63, 3.8) is 0 Å². The molecule has 35 heavy (non-hydrogen) atoms. The maximum atomic E-state index is 14.6. The lowest BCUT2D eigenvalue weighted by molar-refractivity contribution is -0.0706. The van der Waals surface area contributed by atoms with E-state index in [0.29, 0.717) is 11.3 Å². The van der Waals surface area contributed by atoms with Crippen LogP contribution in [0.5, 0.6) is 0 Å². The highest BCUT2D eigenvalue weighted by molar-refractivity contribution is 6.01. The van der Waals surface area contributed by atoms with Crippen molar-refractivity contribution in [1.82, 2.24) is 4.90 Å². The zero-order chi connectivity index (χ0) is 25.8. The molecule has 186 valence electrons. The molecule has 3 aromatic carbocycles. The van der Waals surface area contributed by atoms with E-state index in [2.05, 4.69) is 10.6 Å². The number of carbonyl (C=O) groups is 1. The zero-order valence-corrected chi connectivity index (χ0v) is 19.8. The minimum atomic E-state index is -1.29. The van der Waals surface area contributed by atoms with Crippen molar-refractivity contribution in [3.8, 4) is 0 Å². The summed E-state index contributed by atoms with van der Waals surface area (Å²) in [5.74, 6) is -3.73. The molecule has 6 nitrogen and oxygen atoms in total. The maximum absolute atomic E-state index is 14.6.